The molecule has 1 aliphatic carbocycles. The molecule has 1 fully saturated rings. The molecule has 4 rings (SSSR count). The normalized spacial score (nSPS) is 15.6. The minimum Gasteiger partial charge on any atom is -0.492 e. The number of aryl methyl sites for hydroxylation is 1. The second-order valence-corrected chi connectivity index (χ2v) is 8.00. The molecular formula is C23H24F2N6O2. The molecule has 1 saturated carbocycles. The van der Waals surface area contributed by atoms with E-state index in [0.29, 0.717) is 35.9 Å². The summed E-state index contributed by atoms with van der Waals surface area (Å²) >= 11 is 0. The van der Waals surface area contributed by atoms with E-state index >= 15 is 0 Å². The topological polar surface area (TPSA) is 78.5 Å². The molecule has 0 bridgehead atoms. The number of ether oxygens (including phenoxy) is 2. The van der Waals surface area contributed by atoms with Crippen LogP contribution in [0.25, 0.3) is 10.7 Å². The Balaban J connectivity index is 1.56. The molecule has 10 heteroatoms. The van der Waals surface area contributed by atoms with E-state index in [1.165, 1.54) is 13.3 Å². The van der Waals surface area contributed by atoms with Crippen LogP contribution >= 0.6 is 0 Å². The summed E-state index contributed by atoms with van der Waals surface area (Å²) in [4.78, 5) is 12.1. The van der Waals surface area contributed by atoms with Crippen LogP contribution in [0.2, 0.25) is 0 Å². The Labute approximate surface area is 190 Å². The summed E-state index contributed by atoms with van der Waals surface area (Å²) in [6.07, 6.45) is 3.71. The first kappa shape index (κ1) is 22.5. The molecule has 0 amide bonds. The summed E-state index contributed by atoms with van der Waals surface area (Å²) in [5.41, 5.74) is 1.98. The monoisotopic (exact) mass is 454 g/mol. The summed E-state index contributed by atoms with van der Waals surface area (Å²) in [7, 11) is 1.48. The summed E-state index contributed by atoms with van der Waals surface area (Å²) < 4.78 is 39.9. The molecule has 0 atom stereocenters. The van der Waals surface area contributed by atoms with Gasteiger partial charge in [-0.15, -0.1) is 0 Å². The highest BCUT2D eigenvalue weighted by atomic mass is 19.3. The van der Waals surface area contributed by atoms with Gasteiger partial charge in [0.05, 0.1) is 19.4 Å². The molecule has 1 N–H and O–H groups in total. The predicted molar refractivity (Wildman–Crippen MR) is 118 cm³/mol. The van der Waals surface area contributed by atoms with Crippen molar-refractivity contribution in [2.45, 2.75) is 51.2 Å². The second kappa shape index (κ2) is 9.40. The molecule has 0 aliphatic heterocycles. The van der Waals surface area contributed by atoms with Crippen LogP contribution in [0.3, 0.4) is 0 Å². The van der Waals surface area contributed by atoms with Crippen molar-refractivity contribution in [1.82, 2.24) is 19.7 Å². The molecule has 0 unspecified atom stereocenters. The number of alkyl halides is 2. The summed E-state index contributed by atoms with van der Waals surface area (Å²) in [5, 5.41) is 7.72. The molecule has 0 spiro atoms. The third kappa shape index (κ3) is 5.55. The van der Waals surface area contributed by atoms with Crippen molar-refractivity contribution >= 4 is 11.5 Å². The van der Waals surface area contributed by atoms with Crippen LogP contribution in [0.1, 0.15) is 36.9 Å². The van der Waals surface area contributed by atoms with Gasteiger partial charge in [-0.1, -0.05) is 0 Å². The number of hydrogen-bond donors (Lipinski definition) is 1. The Morgan fingerprint density at radius 3 is 2.73 bits per heavy atom. The van der Waals surface area contributed by atoms with Crippen molar-refractivity contribution in [3.63, 3.8) is 0 Å². The first-order valence-electron chi connectivity index (χ1n) is 10.6. The minimum absolute atomic E-state index is 0.0802. The van der Waals surface area contributed by atoms with Gasteiger partial charge in [0.25, 0.3) is 5.88 Å². The van der Waals surface area contributed by atoms with Crippen LogP contribution in [-0.4, -0.2) is 38.8 Å². The Kier molecular flexibility index (Phi) is 6.40. The van der Waals surface area contributed by atoms with Gasteiger partial charge in [-0.25, -0.2) is 28.3 Å². The average molecular weight is 454 g/mol. The van der Waals surface area contributed by atoms with Gasteiger partial charge < -0.3 is 14.8 Å². The fourth-order valence-corrected chi connectivity index (χ4v) is 3.67. The molecule has 3 aromatic heterocycles. The largest absolute Gasteiger partial charge is 0.492 e. The number of methoxy groups -OCH3 is 1. The number of pyridine rings is 2. The van der Waals surface area contributed by atoms with Gasteiger partial charge in [-0.3, -0.25) is 0 Å². The number of hydrogen-bond acceptors (Lipinski definition) is 6. The standard InChI is InChI=1S/C23H24F2N6O2/c1-15-6-9-31(30-15)21-11-16(14-33-22-19(32-3)12-18(26-2)13-27-22)10-20(29-21)28-17-4-7-23(24,25)8-5-17/h6,9-13,17H,4-5,7-8,14H2,1,3H3,(H,28,29). The zero-order valence-corrected chi connectivity index (χ0v) is 18.4. The van der Waals surface area contributed by atoms with Crippen LogP contribution in [-0.2, 0) is 6.61 Å². The number of nitrogens with one attached hydrogen (secondary N) is 1. The van der Waals surface area contributed by atoms with Crippen LogP contribution in [0.15, 0.2) is 36.7 Å². The van der Waals surface area contributed by atoms with Gasteiger partial charge >= 0.3 is 0 Å². The molecule has 0 saturated heterocycles. The third-order valence-electron chi connectivity index (χ3n) is 5.43. The fraction of sp³-hybridized carbons (Fsp3) is 0.391. The number of rotatable bonds is 7. The van der Waals surface area contributed by atoms with Gasteiger partial charge in [0.1, 0.15) is 12.4 Å². The van der Waals surface area contributed by atoms with Crippen molar-refractivity contribution in [3.05, 3.63) is 59.3 Å². The molecule has 172 valence electrons. The molecule has 1 aliphatic rings. The van der Waals surface area contributed by atoms with E-state index in [1.54, 1.807) is 16.9 Å². The van der Waals surface area contributed by atoms with Gasteiger partial charge in [-0.05, 0) is 49.6 Å². The highest BCUT2D eigenvalue weighted by Crippen LogP contribution is 2.34. The number of anilines is 1. The Morgan fingerprint density at radius 2 is 2.06 bits per heavy atom. The van der Waals surface area contributed by atoms with Crippen molar-refractivity contribution in [3.8, 4) is 17.4 Å². The molecule has 3 aromatic rings. The molecular weight excluding hydrogens is 430 g/mol. The number of nitrogens with zero attached hydrogens (tertiary/aromatic N) is 5. The molecule has 8 nitrogen and oxygen atoms in total. The zero-order chi connectivity index (χ0) is 23.4. The lowest BCUT2D eigenvalue weighted by Gasteiger charge is -2.29. The van der Waals surface area contributed by atoms with Crippen LogP contribution in [0, 0.1) is 13.5 Å². The molecule has 3 heterocycles. The van der Waals surface area contributed by atoms with Crippen LogP contribution in [0.4, 0.5) is 20.3 Å². The number of halogens is 2. The average Bonchev–Trinajstić information content (AvgIpc) is 3.25. The minimum atomic E-state index is -2.59. The Bertz CT molecular complexity index is 1160. The van der Waals surface area contributed by atoms with Crippen LogP contribution < -0.4 is 14.8 Å². The van der Waals surface area contributed by atoms with E-state index in [0.717, 1.165) is 11.3 Å². The predicted octanol–water partition coefficient (Wildman–Crippen LogP) is 5.10. The van der Waals surface area contributed by atoms with E-state index in [2.05, 4.69) is 25.2 Å². The highest BCUT2D eigenvalue weighted by molar-refractivity contribution is 5.51. The summed E-state index contributed by atoms with van der Waals surface area (Å²) in [6, 6.07) is 7.02. The lowest BCUT2D eigenvalue weighted by Crippen LogP contribution is -2.32. The van der Waals surface area contributed by atoms with Gasteiger partial charge in [0.2, 0.25) is 11.6 Å². The quantitative estimate of drug-likeness (QED) is 0.501. The molecule has 0 radical (unpaired) electrons. The first-order chi connectivity index (χ1) is 15.8. The Morgan fingerprint density at radius 1 is 1.27 bits per heavy atom. The third-order valence-corrected chi connectivity index (χ3v) is 5.43. The van der Waals surface area contributed by atoms with Gasteiger partial charge in [0, 0.05) is 31.3 Å². The SMILES string of the molecule is [C-]#[N+]c1cnc(OCc2cc(NC3CCC(F)(F)CC3)nc(-n3ccc(C)n3)c2)c(OC)c1. The lowest BCUT2D eigenvalue weighted by atomic mass is 9.92. The highest BCUT2D eigenvalue weighted by Gasteiger charge is 2.35. The summed E-state index contributed by atoms with van der Waals surface area (Å²) in [5.74, 6) is -0.813. The van der Waals surface area contributed by atoms with E-state index in [4.69, 9.17) is 16.0 Å². The van der Waals surface area contributed by atoms with E-state index in [1.807, 2.05) is 25.1 Å². The van der Waals surface area contributed by atoms with Gasteiger partial charge in [0.15, 0.2) is 11.6 Å². The van der Waals surface area contributed by atoms with E-state index in [-0.39, 0.29) is 31.4 Å². The molecule has 0 aromatic carbocycles. The molecule has 33 heavy (non-hydrogen) atoms. The van der Waals surface area contributed by atoms with E-state index < -0.39 is 5.92 Å². The second-order valence-electron chi connectivity index (χ2n) is 8.00. The number of aromatic nitrogens is 4. The maximum Gasteiger partial charge on any atom is 0.254 e. The van der Waals surface area contributed by atoms with Crippen molar-refractivity contribution in [1.29, 1.82) is 0 Å². The van der Waals surface area contributed by atoms with Gasteiger partial charge in [-0.2, -0.15) is 5.10 Å². The lowest BCUT2D eigenvalue weighted by molar-refractivity contribution is -0.0361. The fourth-order valence-electron chi connectivity index (χ4n) is 3.67. The zero-order valence-electron chi connectivity index (χ0n) is 18.4. The maximum absolute atomic E-state index is 13.5. The van der Waals surface area contributed by atoms with Crippen LogP contribution in [0.5, 0.6) is 11.6 Å². The maximum atomic E-state index is 13.5. The summed E-state index contributed by atoms with van der Waals surface area (Å²) in [6.45, 7) is 9.15. The van der Waals surface area contributed by atoms with Crippen molar-refractivity contribution < 1.29 is 18.3 Å². The smallest absolute Gasteiger partial charge is 0.254 e. The van der Waals surface area contributed by atoms with Crippen molar-refractivity contribution in [2.75, 3.05) is 12.4 Å². The Hall–Kier alpha value is -3.74. The first-order valence-corrected chi connectivity index (χ1v) is 10.6. The van der Waals surface area contributed by atoms with E-state index in [9.17, 15) is 8.78 Å². The van der Waals surface area contributed by atoms with Crippen molar-refractivity contribution in [2.24, 2.45) is 0 Å².